The molecule has 2 fully saturated rings. The van der Waals surface area contributed by atoms with Gasteiger partial charge in [0.25, 0.3) is 0 Å². The van der Waals surface area contributed by atoms with Crippen molar-refractivity contribution < 1.29 is 18.0 Å². The smallest absolute Gasteiger partial charge is 0.356 e. The Bertz CT molecular complexity index is 1140. The first-order chi connectivity index (χ1) is 18.1. The zero-order chi connectivity index (χ0) is 27.3. The first kappa shape index (κ1) is 27.6. The van der Waals surface area contributed by atoms with Gasteiger partial charge in [0.05, 0.1) is 11.6 Å². The van der Waals surface area contributed by atoms with Gasteiger partial charge in [-0.25, -0.2) is 9.97 Å². The molecule has 11 heteroatoms. The Morgan fingerprint density at radius 1 is 1.11 bits per heavy atom. The number of carbonyl (C=O) groups excluding carboxylic acids is 1. The van der Waals surface area contributed by atoms with Gasteiger partial charge in [-0.2, -0.15) is 18.4 Å². The van der Waals surface area contributed by atoms with Gasteiger partial charge in [0.1, 0.15) is 17.7 Å². The summed E-state index contributed by atoms with van der Waals surface area (Å²) in [5.74, 6) is -0.465. The number of halogens is 3. The van der Waals surface area contributed by atoms with Gasteiger partial charge in [-0.3, -0.25) is 4.79 Å². The van der Waals surface area contributed by atoms with Gasteiger partial charge in [-0.1, -0.05) is 12.1 Å². The summed E-state index contributed by atoms with van der Waals surface area (Å²) in [5.41, 5.74) is 1.55. The molecule has 1 N–H and O–H groups in total. The molecule has 0 spiro atoms. The molecule has 38 heavy (non-hydrogen) atoms. The highest BCUT2D eigenvalue weighted by Gasteiger charge is 2.40. The van der Waals surface area contributed by atoms with Crippen molar-refractivity contribution in [1.29, 1.82) is 5.26 Å². The number of piperidine rings is 1. The molecule has 1 aromatic heterocycles. The average Bonchev–Trinajstić information content (AvgIpc) is 2.87. The van der Waals surface area contributed by atoms with Crippen molar-refractivity contribution in [3.05, 3.63) is 47.3 Å². The van der Waals surface area contributed by atoms with Gasteiger partial charge >= 0.3 is 6.18 Å². The van der Waals surface area contributed by atoms with Crippen LogP contribution in [0.1, 0.15) is 42.6 Å². The maximum Gasteiger partial charge on any atom is 0.451 e. The lowest BCUT2D eigenvalue weighted by molar-refractivity contribution is -0.144. The van der Waals surface area contributed by atoms with Crippen LogP contribution in [0.15, 0.2) is 30.3 Å². The summed E-state index contributed by atoms with van der Waals surface area (Å²) in [6.07, 6.45) is -0.672. The molecule has 1 aromatic carbocycles. The second kappa shape index (κ2) is 12.0. The number of benzene rings is 1. The van der Waals surface area contributed by atoms with Crippen molar-refractivity contribution in [3.8, 4) is 6.07 Å². The molecule has 2 aliphatic heterocycles. The van der Waals surface area contributed by atoms with E-state index in [9.17, 15) is 18.0 Å². The summed E-state index contributed by atoms with van der Waals surface area (Å²) in [7, 11) is 4.07. The third kappa shape index (κ3) is 6.92. The van der Waals surface area contributed by atoms with Gasteiger partial charge in [-0.15, -0.1) is 0 Å². The molecule has 2 aliphatic rings. The van der Waals surface area contributed by atoms with Crippen LogP contribution in [0.4, 0.5) is 24.8 Å². The number of anilines is 2. The van der Waals surface area contributed by atoms with Gasteiger partial charge in [0, 0.05) is 32.2 Å². The van der Waals surface area contributed by atoms with Crippen molar-refractivity contribution in [2.24, 2.45) is 5.92 Å². The molecular weight excluding hydrogens is 495 g/mol. The molecule has 3 heterocycles. The fraction of sp³-hybridized carbons (Fsp3) is 0.556. The van der Waals surface area contributed by atoms with Crippen LogP contribution >= 0.6 is 0 Å². The predicted octanol–water partition coefficient (Wildman–Crippen LogP) is 3.47. The number of amides is 1. The highest BCUT2D eigenvalue weighted by molar-refractivity contribution is 5.86. The molecule has 2 aromatic rings. The summed E-state index contributed by atoms with van der Waals surface area (Å²) >= 11 is 0. The van der Waals surface area contributed by atoms with Crippen molar-refractivity contribution in [2.75, 3.05) is 56.6 Å². The maximum absolute atomic E-state index is 13.7. The van der Waals surface area contributed by atoms with Crippen LogP contribution in [0, 0.1) is 17.2 Å². The normalized spacial score (nSPS) is 18.3. The lowest BCUT2D eigenvalue weighted by atomic mass is 9.93. The fourth-order valence-electron chi connectivity index (χ4n) is 4.88. The van der Waals surface area contributed by atoms with Gasteiger partial charge in [0.2, 0.25) is 11.7 Å². The molecule has 4 rings (SSSR count). The average molecular weight is 530 g/mol. The summed E-state index contributed by atoms with van der Waals surface area (Å²) in [4.78, 5) is 26.2. The number of carbonyl (C=O) groups is 1. The number of hydrogen-bond acceptors (Lipinski definition) is 7. The Kier molecular flexibility index (Phi) is 8.72. The van der Waals surface area contributed by atoms with E-state index < -0.39 is 18.0 Å². The Morgan fingerprint density at radius 2 is 1.79 bits per heavy atom. The van der Waals surface area contributed by atoms with E-state index in [-0.39, 0.29) is 17.5 Å². The molecule has 204 valence electrons. The predicted molar refractivity (Wildman–Crippen MR) is 139 cm³/mol. The zero-order valence-electron chi connectivity index (χ0n) is 21.8. The van der Waals surface area contributed by atoms with Crippen LogP contribution in [0.2, 0.25) is 0 Å². The second-order valence-electron chi connectivity index (χ2n) is 10.3. The van der Waals surface area contributed by atoms with E-state index in [0.717, 1.165) is 31.4 Å². The molecule has 8 nitrogen and oxygen atoms in total. The second-order valence-corrected chi connectivity index (χ2v) is 10.3. The molecule has 1 amide bonds. The number of hydrogen-bond donors (Lipinski definition) is 1. The van der Waals surface area contributed by atoms with E-state index in [0.29, 0.717) is 50.5 Å². The van der Waals surface area contributed by atoms with E-state index in [1.54, 1.807) is 23.1 Å². The molecule has 0 bridgehead atoms. The minimum Gasteiger partial charge on any atom is -0.356 e. The van der Waals surface area contributed by atoms with Crippen molar-refractivity contribution in [1.82, 2.24) is 20.2 Å². The molecule has 0 saturated carbocycles. The molecule has 0 radical (unpaired) electrons. The largest absolute Gasteiger partial charge is 0.451 e. The van der Waals surface area contributed by atoms with E-state index in [1.165, 1.54) is 0 Å². The molecular formula is C27H34F3N7O. The van der Waals surface area contributed by atoms with Crippen molar-refractivity contribution >= 4 is 17.5 Å². The molecule has 1 atom stereocenters. The van der Waals surface area contributed by atoms with E-state index in [2.05, 4.69) is 26.3 Å². The Hall–Kier alpha value is -3.39. The van der Waals surface area contributed by atoms with Crippen LogP contribution < -0.4 is 15.1 Å². The summed E-state index contributed by atoms with van der Waals surface area (Å²) in [6.45, 7) is 3.12. The van der Waals surface area contributed by atoms with Gasteiger partial charge in [0.15, 0.2) is 0 Å². The third-order valence-electron chi connectivity index (χ3n) is 7.29. The number of alkyl halides is 3. The number of nitrogens with one attached hydrogen (secondary N) is 1. The number of aromatic nitrogens is 2. The Balaban J connectivity index is 1.40. The molecule has 0 unspecified atom stereocenters. The fourth-order valence-corrected chi connectivity index (χ4v) is 4.88. The molecule has 2 saturated heterocycles. The number of rotatable bonds is 9. The SMILES string of the molecule is CN(C)CCC1CCN(c2cc(N3CC[C@H]3C(=O)NCCc3ccc(C#N)cc3)nc(C(F)(F)F)n2)CC1. The van der Waals surface area contributed by atoms with Crippen LogP contribution in [0.25, 0.3) is 0 Å². The van der Waals surface area contributed by atoms with Gasteiger partial charge < -0.3 is 20.0 Å². The number of nitrogens with zero attached hydrogens (tertiary/aromatic N) is 6. The third-order valence-corrected chi connectivity index (χ3v) is 7.29. The van der Waals surface area contributed by atoms with E-state index >= 15 is 0 Å². The lowest BCUT2D eigenvalue weighted by Gasteiger charge is -2.41. The highest BCUT2D eigenvalue weighted by Crippen LogP contribution is 2.34. The maximum atomic E-state index is 13.7. The standard InChI is InChI=1S/C27H34F3N7O/c1-35(2)13-8-20-9-14-36(15-10-20)23-17-24(34-26(33-23)27(28,29)30)37-16-11-22(37)25(38)32-12-7-19-3-5-21(18-31)6-4-19/h3-6,17,20,22H,7-16H2,1-2H3,(H,32,38)/t22-/m0/s1. The minimum atomic E-state index is -4.68. The first-order valence-corrected chi connectivity index (χ1v) is 13.0. The first-order valence-electron chi connectivity index (χ1n) is 13.0. The monoisotopic (exact) mass is 529 g/mol. The summed E-state index contributed by atoms with van der Waals surface area (Å²) < 4.78 is 41.1. The minimum absolute atomic E-state index is 0.135. The summed E-state index contributed by atoms with van der Waals surface area (Å²) in [5, 5.41) is 11.8. The van der Waals surface area contributed by atoms with Crippen LogP contribution in [0.3, 0.4) is 0 Å². The van der Waals surface area contributed by atoms with E-state index in [4.69, 9.17) is 5.26 Å². The Labute approximate surface area is 221 Å². The summed E-state index contributed by atoms with van der Waals surface area (Å²) in [6, 6.07) is 10.2. The topological polar surface area (TPSA) is 88.4 Å². The van der Waals surface area contributed by atoms with Crippen molar-refractivity contribution in [2.45, 2.75) is 44.3 Å². The zero-order valence-corrected chi connectivity index (χ0v) is 21.8. The molecule has 0 aliphatic carbocycles. The quantitative estimate of drug-likeness (QED) is 0.532. The lowest BCUT2D eigenvalue weighted by Crippen LogP contribution is -2.57. The van der Waals surface area contributed by atoms with Gasteiger partial charge in [-0.05, 0) is 76.4 Å². The van der Waals surface area contributed by atoms with E-state index in [1.807, 2.05) is 31.1 Å². The van der Waals surface area contributed by atoms with Crippen LogP contribution in [-0.4, -0.2) is 73.6 Å². The Morgan fingerprint density at radius 3 is 2.37 bits per heavy atom. The van der Waals surface area contributed by atoms with Crippen LogP contribution in [0.5, 0.6) is 0 Å². The number of nitriles is 1. The van der Waals surface area contributed by atoms with Crippen molar-refractivity contribution in [3.63, 3.8) is 0 Å². The highest BCUT2D eigenvalue weighted by atomic mass is 19.4. The van der Waals surface area contributed by atoms with Crippen LogP contribution in [-0.2, 0) is 17.4 Å².